The Morgan fingerprint density at radius 1 is 0.210 bits per heavy atom. The van der Waals surface area contributed by atoms with E-state index < -0.39 is 367 Å². The molecule has 0 radical (unpaired) electrons. The minimum absolute atomic E-state index is 0.00252. The van der Waals surface area contributed by atoms with Crippen LogP contribution in [-0.4, -0.2) is 32.0 Å². The molecule has 143 heavy (non-hydrogen) atoms. The number of fused-ring (bicyclic) bond motifs is 16. The van der Waals surface area contributed by atoms with E-state index in [4.69, 9.17) is 106 Å². The Labute approximate surface area is 907 Å². The molecule has 0 bridgehead atoms. The van der Waals surface area contributed by atoms with Crippen LogP contribution in [0.15, 0.2) is 478 Å². The number of anilines is 6. The molecule has 8 heterocycles. The van der Waals surface area contributed by atoms with E-state index in [1.807, 2.05) is 84.9 Å². The van der Waals surface area contributed by atoms with Crippen molar-refractivity contribution in [3.63, 3.8) is 0 Å². The Morgan fingerprint density at radius 2 is 0.559 bits per heavy atom. The molecule has 0 saturated carbocycles. The molecular weight excluding hydrogens is 1750 g/mol. The first-order chi connectivity index (χ1) is 93.0. The van der Waals surface area contributed by atoms with Gasteiger partial charge in [0.25, 0.3) is 26.9 Å². The summed E-state index contributed by atoms with van der Waals surface area (Å²) >= 11 is 0. The summed E-state index contributed by atoms with van der Waals surface area (Å²) < 4.78 is 509. The zero-order valence-corrected chi connectivity index (χ0v) is 73.6. The van der Waals surface area contributed by atoms with E-state index in [0.29, 0.717) is 51.0 Å². The third kappa shape index (κ3) is 15.5. The fourth-order valence-corrected chi connectivity index (χ4v) is 18.6. The summed E-state index contributed by atoms with van der Waals surface area (Å²) in [7, 11) is 0. The van der Waals surface area contributed by atoms with Crippen LogP contribution < -0.4 is 113 Å². The smallest absolute Gasteiger partial charge is 0.260 e. The van der Waals surface area contributed by atoms with Gasteiger partial charge in [-0.15, -0.1) is 0 Å². The van der Waals surface area contributed by atoms with Gasteiger partial charge in [0.05, 0.1) is 75.6 Å². The van der Waals surface area contributed by atoms with Gasteiger partial charge in [0.1, 0.15) is 97.7 Å². The molecule has 21 aromatic rings. The Balaban J connectivity index is 0.000000127. The summed E-state index contributed by atoms with van der Waals surface area (Å²) in [4.78, 5) is 2.03. The lowest BCUT2D eigenvalue weighted by atomic mass is 9.34. The largest absolute Gasteiger partial charge is 0.508 e. The second-order valence-corrected chi connectivity index (χ2v) is 32.8. The Morgan fingerprint density at radius 3 is 1.06 bits per heavy atom. The number of para-hydroxylation sites is 6. The summed E-state index contributed by atoms with van der Waals surface area (Å²) in [5.74, 6) is 2.00. The van der Waals surface area contributed by atoms with Gasteiger partial charge < -0.3 is 52.8 Å². The zero-order valence-electron chi connectivity index (χ0n) is 128. The summed E-state index contributed by atoms with van der Waals surface area (Å²) in [5, 5.41) is 10.9. The van der Waals surface area contributed by atoms with Crippen LogP contribution in [0.2, 0.25) is 0 Å². The van der Waals surface area contributed by atoms with Crippen molar-refractivity contribution in [2.24, 2.45) is 0 Å². The number of benzene rings is 21. The predicted octanol–water partition coefficient (Wildman–Crippen LogP) is 25.3. The van der Waals surface area contributed by atoms with Crippen molar-refractivity contribution in [1.82, 2.24) is 0 Å². The van der Waals surface area contributed by atoms with Crippen molar-refractivity contribution in [2.75, 3.05) is 9.80 Å². The molecule has 674 valence electrons. The molecule has 0 spiro atoms. The van der Waals surface area contributed by atoms with Crippen LogP contribution in [0.25, 0.3) is 55.6 Å². The van der Waals surface area contributed by atoms with Gasteiger partial charge in [-0.1, -0.05) is 321 Å². The van der Waals surface area contributed by atoms with Crippen LogP contribution in [0.5, 0.6) is 97.7 Å². The van der Waals surface area contributed by atoms with Crippen LogP contribution in [-0.2, 0) is 0 Å². The summed E-state index contributed by atoms with van der Waals surface area (Å²) in [5.41, 5.74) is 1.13. The van der Waals surface area contributed by atoms with Crippen LogP contribution >= 0.6 is 0 Å². The number of phenols is 1. The summed E-state index contributed by atoms with van der Waals surface area (Å²) in [6.45, 7) is -4.77. The highest BCUT2D eigenvalue weighted by atomic mass is 16.5. The number of nitrogens with zero attached hydrogens (tertiary/aromatic N) is 2. The third-order valence-electron chi connectivity index (χ3n) is 24.7. The SMILES string of the molecule is [2H]c1c([2H])c([2H])c(-c2c([2H])c([2H])c3c(c2[2H])Oc2c([2H])c([2H])c([2H])c4c2B3c2c([2H])c([2H])c(-c3c([2H])c([2H])c([2H])c([2H])c3C([2H])([2H])[2H])c([2H])c2O4)c(C)c1[2H].[2H]c1c([2H])c([2H])c(-c2cc3c4c(c2)Oc2ccccc2B4c2ccccc2O3)c([2H])c1[2H].[2H]c1c([2H])c([2H])c(-c2ccc3c(c2)B2c4cc(-c5c([2H])c([2H])c([2H])c([2H])c5[2H])ccc4Oc4cc(N(c5c([2H])c([2H])c([2H])c([2H])c5[2H])c5c([2H])c([2H])c([2H])c(O)c5[2H])cc(c42)O3)c([2H])c1[2H].[2H]c1c([2H])c([2H])c(N(c2ccc3c(c2)Oc2cccc4c2B3c2ccccc2O4)c2c([2H])c([2H])c([2H])c([2H])c2[2H])c([2H])c1[2H]. The van der Waals surface area contributed by atoms with Crippen molar-refractivity contribution in [3.05, 3.63) is 489 Å². The lowest BCUT2D eigenvalue weighted by Gasteiger charge is -2.35. The standard InChI is InChI=1S/C42H28BNO3.C32H23BO2.C30H20BNO2.C24H15BO2/c45-35-18-10-17-33(25-35)44(32-15-8-3-9-16-32)34-26-40-42-41(27-34)47-39-22-20-31(29-13-6-2-7-14-29)24-37(39)43(42)36-23-30(19-21-38(36)46-40)28-11-4-1-5-12-28;1-20-8-3-5-10-24(20)22-14-16-26-30(18-22)34-28-12-7-13-29-32(28)33(26)27-17-15-23(19-31(27)35-29)25-11-6-4-9-21(25)2;1-3-10-21(11-4-1)32(22-12-5-2-6-13-22)23-18-19-25-29(20-23)34-28-17-9-16-27-30(28)31(25)24-14-7-8-15-26(24)33-27;1-2-8-16(9-3-1)17-14-22-24-23(15-17)27-21-13-7-5-11-19(21)25(24)18-10-4-6-12-20(18)26-22/h1-27,45H;3-19H,1-2H3;1-20H;1-15H/i1D,2D,3D,4D,5D,6D,7D,8D,9D,10D,11D,12D,13D,14D,15D,16D,17D,18D,25D;1D3,3D,4D,5D,6D,7D,8D,9D,10D,11D,12D,13D,14D,15D,16D,17D,18D,19D;1D,2D,3D,4D,5D,6D,10D,11D,12D,13D;1D,2D,3D,8D,9D. The van der Waals surface area contributed by atoms with Crippen molar-refractivity contribution in [3.8, 4) is 153 Å². The second-order valence-electron chi connectivity index (χ2n) is 32.8. The second kappa shape index (κ2) is 35.9. The molecule has 11 nitrogen and oxygen atoms in total. The van der Waals surface area contributed by atoms with Gasteiger partial charge in [0.15, 0.2) is 0 Å². The van der Waals surface area contributed by atoms with Gasteiger partial charge >= 0.3 is 0 Å². The number of ether oxygens (including phenoxy) is 8. The van der Waals surface area contributed by atoms with Crippen LogP contribution in [0.1, 0.15) is 85.1 Å². The number of hydrogen-bond acceptors (Lipinski definition) is 11. The van der Waals surface area contributed by atoms with Gasteiger partial charge in [-0.2, -0.15) is 0 Å². The van der Waals surface area contributed by atoms with Crippen molar-refractivity contribution in [1.29, 1.82) is 0 Å². The van der Waals surface area contributed by atoms with Crippen molar-refractivity contribution >= 4 is 127 Å². The third-order valence-corrected chi connectivity index (χ3v) is 24.7. The Bertz CT molecular complexity index is 11500. The number of hydrogen-bond donors (Lipinski definition) is 1. The number of aromatic hydroxyl groups is 1. The average molecular weight is 1890 g/mol. The van der Waals surface area contributed by atoms with E-state index in [0.717, 1.165) is 54.1 Å². The average Bonchev–Trinajstić information content (AvgIpc) is 0.683. The van der Waals surface area contributed by atoms with Gasteiger partial charge in [-0.25, -0.2) is 0 Å². The van der Waals surface area contributed by atoms with Gasteiger partial charge in [0.2, 0.25) is 0 Å². The molecule has 21 aromatic carbocycles. The Kier molecular flexibility index (Phi) is 11.5. The normalized spacial score (nSPS) is 17.9. The molecule has 0 aromatic heterocycles. The van der Waals surface area contributed by atoms with Crippen molar-refractivity contribution in [2.45, 2.75) is 13.8 Å². The molecule has 1 N–H and O–H groups in total. The highest BCUT2D eigenvalue weighted by Crippen LogP contribution is 2.48. The molecule has 0 atom stereocenters. The van der Waals surface area contributed by atoms with E-state index in [-0.39, 0.29) is 144 Å². The van der Waals surface area contributed by atoms with Gasteiger partial charge in [-0.3, -0.25) is 0 Å². The zero-order chi connectivity index (χ0) is 142. The highest BCUT2D eigenvalue weighted by molar-refractivity contribution is 7.00. The predicted molar refractivity (Wildman–Crippen MR) is 584 cm³/mol. The summed E-state index contributed by atoms with van der Waals surface area (Å²) in [6, 6.07) is 15.7. The minimum atomic E-state index is -3.21. The van der Waals surface area contributed by atoms with E-state index in [9.17, 15) is 10.6 Å². The van der Waals surface area contributed by atoms with Crippen LogP contribution in [0.4, 0.5) is 34.1 Å². The van der Waals surface area contributed by atoms with Gasteiger partial charge in [-0.05, 0) is 257 Å². The molecule has 15 heteroatoms. The molecular formula is C128H86B4N2O9. The first kappa shape index (κ1) is 46.0. The first-order valence-corrected chi connectivity index (χ1v) is 44.0. The molecule has 8 aliphatic rings. The minimum Gasteiger partial charge on any atom is -0.508 e. The lowest BCUT2D eigenvalue weighted by molar-refractivity contribution is 0.464. The first-order valence-electron chi connectivity index (χ1n) is 71.0. The maximum Gasteiger partial charge on any atom is 0.260 e. The molecule has 0 aliphatic carbocycles. The van der Waals surface area contributed by atoms with Gasteiger partial charge in [0, 0.05) is 78.6 Å². The monoisotopic (exact) mass is 1890 g/mol. The van der Waals surface area contributed by atoms with E-state index >= 15 is 0 Å². The maximum atomic E-state index is 10.9. The van der Waals surface area contributed by atoms with E-state index in [1.165, 1.54) is 43.3 Å². The maximum absolute atomic E-state index is 10.9. The summed E-state index contributed by atoms with van der Waals surface area (Å²) in [6.07, 6.45) is 0. The molecule has 0 amide bonds. The molecule has 0 saturated heterocycles. The topological polar surface area (TPSA) is 101 Å². The highest BCUT2D eigenvalue weighted by Gasteiger charge is 2.46. The Hall–Kier alpha value is -18.3. The molecule has 0 unspecified atom stereocenters. The molecule has 29 rings (SSSR count). The fraction of sp³-hybridized carbons (Fsp3) is 0.0156. The number of rotatable bonds is 11. The fourth-order valence-electron chi connectivity index (χ4n) is 18.6. The quantitative estimate of drug-likeness (QED) is 0.125. The molecule has 8 aliphatic heterocycles. The number of phenolic OH excluding ortho intramolecular Hbond substituents is 1. The molecule has 0 fully saturated rings. The van der Waals surface area contributed by atoms with E-state index in [2.05, 4.69) is 0 Å². The van der Waals surface area contributed by atoms with Crippen molar-refractivity contribution < 1.29 is 117 Å². The van der Waals surface area contributed by atoms with Crippen LogP contribution in [0.3, 0.4) is 0 Å². The van der Waals surface area contributed by atoms with E-state index in [1.54, 1.807) is 48.5 Å². The van der Waals surface area contributed by atoms with Crippen LogP contribution in [0, 0.1) is 13.8 Å². The lowest BCUT2D eigenvalue weighted by Crippen LogP contribution is -2.57.